The van der Waals surface area contributed by atoms with E-state index in [9.17, 15) is 8.78 Å². The van der Waals surface area contributed by atoms with E-state index in [2.05, 4.69) is 15.9 Å². The highest BCUT2D eigenvalue weighted by Crippen LogP contribution is 2.60. The molecule has 3 atom stereocenters. The Kier molecular flexibility index (Phi) is 6.18. The molecule has 0 saturated heterocycles. The van der Waals surface area contributed by atoms with Crippen LogP contribution < -0.4 is 14.2 Å². The summed E-state index contributed by atoms with van der Waals surface area (Å²) < 4.78 is 56.8. The smallest absolute Gasteiger partial charge is 0.249 e. The quantitative estimate of drug-likeness (QED) is 0.473. The Hall–Kier alpha value is -1.90. The summed E-state index contributed by atoms with van der Waals surface area (Å²) in [6, 6.07) is 10.9. The second kappa shape index (κ2) is 8.69. The highest BCUT2D eigenvalue weighted by atomic mass is 79.9. The van der Waals surface area contributed by atoms with Gasteiger partial charge in [0.05, 0.1) is 4.47 Å². The van der Waals surface area contributed by atoms with Crippen LogP contribution in [0, 0.1) is 5.92 Å². The van der Waals surface area contributed by atoms with E-state index in [1.165, 1.54) is 7.11 Å². The first-order chi connectivity index (χ1) is 14.4. The Morgan fingerprint density at radius 2 is 1.67 bits per heavy atom. The van der Waals surface area contributed by atoms with E-state index >= 15 is 0 Å². The maximum atomic E-state index is 14.5. The lowest BCUT2D eigenvalue weighted by Gasteiger charge is -2.36. The SMILES string of the molecule is COCOc1ccc(C2Oc3c(Br)cc(OCOC)cc3C3CC(F)(F)CC32)cc1. The fourth-order valence-corrected chi connectivity index (χ4v) is 4.86. The van der Waals surface area contributed by atoms with E-state index in [1.807, 2.05) is 12.1 Å². The van der Waals surface area contributed by atoms with Crippen LogP contribution in [0.1, 0.15) is 36.0 Å². The molecule has 162 valence electrons. The average molecular weight is 485 g/mol. The summed E-state index contributed by atoms with van der Waals surface area (Å²) >= 11 is 3.52. The summed E-state index contributed by atoms with van der Waals surface area (Å²) in [5.74, 6) is -1.63. The number of ether oxygens (including phenoxy) is 5. The summed E-state index contributed by atoms with van der Waals surface area (Å²) in [6.45, 7) is 0.223. The number of fused-ring (bicyclic) bond motifs is 3. The first kappa shape index (κ1) is 21.3. The lowest BCUT2D eigenvalue weighted by atomic mass is 9.80. The van der Waals surface area contributed by atoms with Gasteiger partial charge in [0.1, 0.15) is 23.4 Å². The Morgan fingerprint density at radius 3 is 2.33 bits per heavy atom. The standard InChI is InChI=1S/C22H23BrF2O5/c1-26-11-28-14-5-3-13(4-6-14)20-18-10-22(24,25)9-17(18)16-7-15(29-12-27-2)8-19(23)21(16)30-20/h3-8,17-18,20H,9-12H2,1-2H3. The van der Waals surface area contributed by atoms with Gasteiger partial charge in [-0.1, -0.05) is 12.1 Å². The van der Waals surface area contributed by atoms with Crippen molar-refractivity contribution in [1.29, 1.82) is 0 Å². The van der Waals surface area contributed by atoms with Crippen LogP contribution in [0.5, 0.6) is 17.2 Å². The fraction of sp³-hybridized carbons (Fsp3) is 0.455. The molecule has 1 aliphatic carbocycles. The highest BCUT2D eigenvalue weighted by molar-refractivity contribution is 9.10. The van der Waals surface area contributed by atoms with E-state index in [1.54, 1.807) is 31.4 Å². The first-order valence-corrected chi connectivity index (χ1v) is 10.4. The van der Waals surface area contributed by atoms with Crippen molar-refractivity contribution in [1.82, 2.24) is 0 Å². The largest absolute Gasteiger partial charge is 0.484 e. The number of rotatable bonds is 7. The number of methoxy groups -OCH3 is 2. The molecule has 1 saturated carbocycles. The maximum absolute atomic E-state index is 14.5. The van der Waals surface area contributed by atoms with Crippen LogP contribution in [0.4, 0.5) is 8.78 Å². The molecule has 2 aliphatic rings. The topological polar surface area (TPSA) is 46.2 Å². The molecule has 1 aliphatic heterocycles. The van der Waals surface area contributed by atoms with Crippen molar-refractivity contribution in [3.63, 3.8) is 0 Å². The number of alkyl halides is 2. The summed E-state index contributed by atoms with van der Waals surface area (Å²) in [5.41, 5.74) is 1.58. The molecule has 8 heteroatoms. The zero-order chi connectivity index (χ0) is 21.3. The molecule has 0 N–H and O–H groups in total. The molecule has 0 spiro atoms. The van der Waals surface area contributed by atoms with E-state index < -0.39 is 12.0 Å². The van der Waals surface area contributed by atoms with Gasteiger partial charge in [-0.05, 0) is 45.8 Å². The van der Waals surface area contributed by atoms with Gasteiger partial charge in [-0.2, -0.15) is 0 Å². The monoisotopic (exact) mass is 484 g/mol. The molecule has 3 unspecified atom stereocenters. The van der Waals surface area contributed by atoms with Gasteiger partial charge >= 0.3 is 0 Å². The van der Waals surface area contributed by atoms with Crippen LogP contribution in [0.15, 0.2) is 40.9 Å². The lowest BCUT2D eigenvalue weighted by molar-refractivity contribution is -0.00237. The zero-order valence-electron chi connectivity index (χ0n) is 16.7. The molecule has 5 nitrogen and oxygen atoms in total. The molecular weight excluding hydrogens is 462 g/mol. The van der Waals surface area contributed by atoms with Crippen molar-refractivity contribution >= 4 is 15.9 Å². The van der Waals surface area contributed by atoms with E-state index in [-0.39, 0.29) is 38.3 Å². The van der Waals surface area contributed by atoms with Crippen molar-refractivity contribution in [3.05, 3.63) is 52.0 Å². The normalized spacial score (nSPS) is 24.0. The summed E-state index contributed by atoms with van der Waals surface area (Å²) in [7, 11) is 3.08. The summed E-state index contributed by atoms with van der Waals surface area (Å²) in [5, 5.41) is 0. The molecule has 4 rings (SSSR count). The maximum Gasteiger partial charge on any atom is 0.249 e. The van der Waals surface area contributed by atoms with Crippen molar-refractivity contribution in [3.8, 4) is 17.2 Å². The minimum Gasteiger partial charge on any atom is -0.484 e. The molecule has 1 fully saturated rings. The molecule has 1 heterocycles. The van der Waals surface area contributed by atoms with Crippen molar-refractivity contribution in [2.75, 3.05) is 27.8 Å². The van der Waals surface area contributed by atoms with Crippen LogP contribution in [-0.2, 0) is 9.47 Å². The second-order valence-corrected chi connectivity index (χ2v) is 8.42. The van der Waals surface area contributed by atoms with Crippen molar-refractivity contribution < 1.29 is 32.5 Å². The van der Waals surface area contributed by atoms with Crippen LogP contribution >= 0.6 is 15.9 Å². The van der Waals surface area contributed by atoms with Gasteiger partial charge in [0.15, 0.2) is 13.6 Å². The molecular formula is C22H23BrF2O5. The summed E-state index contributed by atoms with van der Waals surface area (Å²) in [4.78, 5) is 0. The second-order valence-electron chi connectivity index (χ2n) is 7.57. The third kappa shape index (κ3) is 4.26. The van der Waals surface area contributed by atoms with Gasteiger partial charge in [0.2, 0.25) is 5.92 Å². The molecule has 0 bridgehead atoms. The predicted molar refractivity (Wildman–Crippen MR) is 109 cm³/mol. The van der Waals surface area contributed by atoms with Gasteiger partial charge in [-0.25, -0.2) is 8.78 Å². The van der Waals surface area contributed by atoms with Crippen molar-refractivity contribution in [2.24, 2.45) is 5.92 Å². The summed E-state index contributed by atoms with van der Waals surface area (Å²) in [6.07, 6.45) is -0.904. The van der Waals surface area contributed by atoms with Gasteiger partial charge in [-0.15, -0.1) is 0 Å². The highest BCUT2D eigenvalue weighted by Gasteiger charge is 2.53. The first-order valence-electron chi connectivity index (χ1n) is 9.63. The van der Waals surface area contributed by atoms with Crippen molar-refractivity contribution in [2.45, 2.75) is 30.8 Å². The van der Waals surface area contributed by atoms with E-state index in [0.29, 0.717) is 21.7 Å². The molecule has 0 radical (unpaired) electrons. The number of halogens is 3. The fourth-order valence-electron chi connectivity index (χ4n) is 4.31. The molecule has 2 aromatic carbocycles. The van der Waals surface area contributed by atoms with Gasteiger partial charge in [0.25, 0.3) is 0 Å². The van der Waals surface area contributed by atoms with Gasteiger partial charge < -0.3 is 23.7 Å². The minimum absolute atomic E-state index is 0.0798. The molecule has 0 amide bonds. The third-order valence-corrected chi connectivity index (χ3v) is 6.13. The average Bonchev–Trinajstić information content (AvgIpc) is 3.06. The minimum atomic E-state index is -2.74. The van der Waals surface area contributed by atoms with Crippen LogP contribution in [0.2, 0.25) is 0 Å². The molecule has 0 aromatic heterocycles. The van der Waals surface area contributed by atoms with E-state index in [4.69, 9.17) is 23.7 Å². The Balaban J connectivity index is 1.68. The van der Waals surface area contributed by atoms with E-state index in [0.717, 1.165) is 11.1 Å². The number of benzene rings is 2. The van der Waals surface area contributed by atoms with Crippen LogP contribution in [0.25, 0.3) is 0 Å². The van der Waals surface area contributed by atoms with Gasteiger partial charge in [-0.3, -0.25) is 0 Å². The zero-order valence-corrected chi connectivity index (χ0v) is 18.3. The predicted octanol–water partition coefficient (Wildman–Crippen LogP) is 5.68. The van der Waals surface area contributed by atoms with Crippen LogP contribution in [0.3, 0.4) is 0 Å². The van der Waals surface area contributed by atoms with Gasteiger partial charge in [0, 0.05) is 44.5 Å². The molecule has 2 aromatic rings. The van der Waals surface area contributed by atoms with Crippen LogP contribution in [-0.4, -0.2) is 33.7 Å². The Labute approximate surface area is 182 Å². The Bertz CT molecular complexity index is 890. The third-order valence-electron chi connectivity index (χ3n) is 5.54. The molecule has 30 heavy (non-hydrogen) atoms. The Morgan fingerprint density at radius 1 is 1.00 bits per heavy atom. The number of hydrogen-bond donors (Lipinski definition) is 0. The lowest BCUT2D eigenvalue weighted by Crippen LogP contribution is -2.27. The number of hydrogen-bond acceptors (Lipinski definition) is 5.